The molecule has 0 aliphatic rings. The number of aromatic nitrogens is 3. The van der Waals surface area contributed by atoms with E-state index in [2.05, 4.69) is 40.3 Å². The molecule has 19 heavy (non-hydrogen) atoms. The normalized spacial score (nSPS) is 11.0. The predicted molar refractivity (Wildman–Crippen MR) is 77.7 cm³/mol. The first-order chi connectivity index (χ1) is 9.29. The average molecular weight is 252 g/mol. The lowest BCUT2D eigenvalue weighted by Crippen LogP contribution is -1.92. The summed E-state index contributed by atoms with van der Waals surface area (Å²) < 4.78 is 0. The highest BCUT2D eigenvalue weighted by Crippen LogP contribution is 2.28. The molecule has 4 nitrogen and oxygen atoms in total. The zero-order valence-corrected chi connectivity index (χ0v) is 10.9. The Labute approximate surface area is 111 Å². The maximum absolute atomic E-state index is 5.92. The van der Waals surface area contributed by atoms with Crippen LogP contribution in [0.5, 0.6) is 0 Å². The van der Waals surface area contributed by atoms with Gasteiger partial charge in [0.05, 0.1) is 11.2 Å². The second-order valence-electron chi connectivity index (χ2n) is 4.62. The molecule has 0 radical (unpaired) electrons. The van der Waals surface area contributed by atoms with Crippen molar-refractivity contribution < 1.29 is 0 Å². The molecule has 0 spiro atoms. The van der Waals surface area contributed by atoms with Crippen LogP contribution in [0.2, 0.25) is 0 Å². The second-order valence-corrected chi connectivity index (χ2v) is 4.62. The predicted octanol–water partition coefficient (Wildman–Crippen LogP) is 3.16. The molecule has 0 fully saturated rings. The fraction of sp³-hybridized carbons (Fsp3) is 0.200. The SMILES string of the molecule is CCCc1c(N)n[nH]c1-c1ccc2ncccc2c1. The van der Waals surface area contributed by atoms with E-state index < -0.39 is 0 Å². The van der Waals surface area contributed by atoms with Gasteiger partial charge < -0.3 is 5.73 Å². The number of fused-ring (bicyclic) bond motifs is 1. The van der Waals surface area contributed by atoms with E-state index in [1.807, 2.05) is 12.1 Å². The number of anilines is 1. The summed E-state index contributed by atoms with van der Waals surface area (Å²) in [5.41, 5.74) is 10.1. The third-order valence-electron chi connectivity index (χ3n) is 3.29. The Balaban J connectivity index is 2.13. The summed E-state index contributed by atoms with van der Waals surface area (Å²) in [4.78, 5) is 4.33. The van der Waals surface area contributed by atoms with Gasteiger partial charge in [0.1, 0.15) is 5.82 Å². The molecule has 0 saturated carbocycles. The molecule has 96 valence electrons. The first-order valence-corrected chi connectivity index (χ1v) is 6.47. The number of nitrogens with zero attached hydrogens (tertiary/aromatic N) is 2. The molecular weight excluding hydrogens is 236 g/mol. The Bertz CT molecular complexity index is 715. The summed E-state index contributed by atoms with van der Waals surface area (Å²) in [5.74, 6) is 0.600. The number of pyridine rings is 1. The Morgan fingerprint density at radius 2 is 2.16 bits per heavy atom. The van der Waals surface area contributed by atoms with E-state index >= 15 is 0 Å². The van der Waals surface area contributed by atoms with E-state index in [1.54, 1.807) is 6.20 Å². The minimum absolute atomic E-state index is 0.600. The molecule has 3 rings (SSSR count). The van der Waals surface area contributed by atoms with E-state index in [4.69, 9.17) is 5.73 Å². The van der Waals surface area contributed by atoms with Gasteiger partial charge in [0, 0.05) is 22.7 Å². The van der Waals surface area contributed by atoms with Gasteiger partial charge in [-0.2, -0.15) is 5.10 Å². The van der Waals surface area contributed by atoms with Gasteiger partial charge in [-0.15, -0.1) is 0 Å². The van der Waals surface area contributed by atoms with E-state index in [0.717, 1.165) is 40.6 Å². The molecule has 0 aliphatic heterocycles. The Morgan fingerprint density at radius 3 is 3.00 bits per heavy atom. The molecule has 1 aromatic carbocycles. The standard InChI is InChI=1S/C15H16N4/c1-2-4-12-14(18-19-15(12)16)11-6-7-13-10(9-11)5-3-8-17-13/h3,5-9H,2,4H2,1H3,(H3,16,18,19). The van der Waals surface area contributed by atoms with Crippen molar-refractivity contribution in [1.29, 1.82) is 0 Å². The van der Waals surface area contributed by atoms with Gasteiger partial charge in [0.25, 0.3) is 0 Å². The van der Waals surface area contributed by atoms with Crippen LogP contribution >= 0.6 is 0 Å². The molecule has 0 aliphatic carbocycles. The molecule has 4 heteroatoms. The van der Waals surface area contributed by atoms with E-state index in [0.29, 0.717) is 5.82 Å². The van der Waals surface area contributed by atoms with Gasteiger partial charge in [0.2, 0.25) is 0 Å². The van der Waals surface area contributed by atoms with Crippen molar-refractivity contribution in [3.8, 4) is 11.3 Å². The van der Waals surface area contributed by atoms with Crippen LogP contribution in [0.1, 0.15) is 18.9 Å². The summed E-state index contributed by atoms with van der Waals surface area (Å²) in [7, 11) is 0. The molecule has 3 aromatic rings. The zero-order chi connectivity index (χ0) is 13.2. The smallest absolute Gasteiger partial charge is 0.149 e. The van der Waals surface area contributed by atoms with Crippen LogP contribution in [0.25, 0.3) is 22.2 Å². The number of nitrogens with one attached hydrogen (secondary N) is 1. The van der Waals surface area contributed by atoms with E-state index in [-0.39, 0.29) is 0 Å². The van der Waals surface area contributed by atoms with Crippen molar-refractivity contribution >= 4 is 16.7 Å². The van der Waals surface area contributed by atoms with Gasteiger partial charge in [-0.1, -0.05) is 25.5 Å². The molecule has 0 atom stereocenters. The Hall–Kier alpha value is -2.36. The number of benzene rings is 1. The van der Waals surface area contributed by atoms with Crippen LogP contribution in [-0.2, 0) is 6.42 Å². The van der Waals surface area contributed by atoms with E-state index in [9.17, 15) is 0 Å². The molecule has 2 aromatic heterocycles. The summed E-state index contributed by atoms with van der Waals surface area (Å²) in [5, 5.41) is 8.29. The van der Waals surface area contributed by atoms with Gasteiger partial charge in [-0.25, -0.2) is 0 Å². The van der Waals surface area contributed by atoms with Crippen LogP contribution < -0.4 is 5.73 Å². The molecule has 0 amide bonds. The maximum atomic E-state index is 5.92. The lowest BCUT2D eigenvalue weighted by atomic mass is 10.0. The summed E-state index contributed by atoms with van der Waals surface area (Å²) >= 11 is 0. The number of hydrogen-bond donors (Lipinski definition) is 2. The lowest BCUT2D eigenvalue weighted by Gasteiger charge is -2.04. The molecule has 0 unspecified atom stereocenters. The van der Waals surface area contributed by atoms with Gasteiger partial charge >= 0.3 is 0 Å². The number of H-pyrrole nitrogens is 1. The summed E-state index contributed by atoms with van der Waals surface area (Å²) in [6.45, 7) is 2.14. The fourth-order valence-corrected chi connectivity index (χ4v) is 2.35. The van der Waals surface area contributed by atoms with Crippen molar-refractivity contribution in [2.24, 2.45) is 0 Å². The maximum Gasteiger partial charge on any atom is 0.149 e. The minimum Gasteiger partial charge on any atom is -0.382 e. The highest BCUT2D eigenvalue weighted by molar-refractivity contribution is 5.84. The second kappa shape index (κ2) is 4.72. The van der Waals surface area contributed by atoms with Crippen molar-refractivity contribution in [3.05, 3.63) is 42.1 Å². The summed E-state index contributed by atoms with van der Waals surface area (Å²) in [6, 6.07) is 10.2. The fourth-order valence-electron chi connectivity index (χ4n) is 2.35. The van der Waals surface area contributed by atoms with Crippen LogP contribution in [0.3, 0.4) is 0 Å². The Kier molecular flexibility index (Phi) is 2.91. The number of rotatable bonds is 3. The van der Waals surface area contributed by atoms with Crippen molar-refractivity contribution in [3.63, 3.8) is 0 Å². The molecule has 0 saturated heterocycles. The topological polar surface area (TPSA) is 67.6 Å². The van der Waals surface area contributed by atoms with Gasteiger partial charge in [-0.3, -0.25) is 10.1 Å². The summed E-state index contributed by atoms with van der Waals surface area (Å²) in [6.07, 6.45) is 3.79. The first-order valence-electron chi connectivity index (χ1n) is 6.47. The molecule has 3 N–H and O–H groups in total. The highest BCUT2D eigenvalue weighted by atomic mass is 15.2. The quantitative estimate of drug-likeness (QED) is 0.752. The van der Waals surface area contributed by atoms with Gasteiger partial charge in [0.15, 0.2) is 0 Å². The van der Waals surface area contributed by atoms with Gasteiger partial charge in [-0.05, 0) is 24.6 Å². The largest absolute Gasteiger partial charge is 0.382 e. The number of aromatic amines is 1. The number of nitrogen functional groups attached to an aromatic ring is 1. The third-order valence-corrected chi connectivity index (χ3v) is 3.29. The van der Waals surface area contributed by atoms with Crippen molar-refractivity contribution in [1.82, 2.24) is 15.2 Å². The first kappa shape index (κ1) is 11.7. The lowest BCUT2D eigenvalue weighted by molar-refractivity contribution is 0.927. The van der Waals surface area contributed by atoms with Crippen LogP contribution in [0.4, 0.5) is 5.82 Å². The third kappa shape index (κ3) is 2.05. The number of hydrogen-bond acceptors (Lipinski definition) is 3. The Morgan fingerprint density at radius 1 is 1.26 bits per heavy atom. The van der Waals surface area contributed by atoms with E-state index in [1.165, 1.54) is 0 Å². The zero-order valence-electron chi connectivity index (χ0n) is 10.9. The monoisotopic (exact) mass is 252 g/mol. The minimum atomic E-state index is 0.600. The van der Waals surface area contributed by atoms with Crippen molar-refractivity contribution in [2.45, 2.75) is 19.8 Å². The van der Waals surface area contributed by atoms with Crippen LogP contribution in [0.15, 0.2) is 36.5 Å². The molecular formula is C15H16N4. The highest BCUT2D eigenvalue weighted by Gasteiger charge is 2.12. The number of nitrogens with two attached hydrogens (primary N) is 1. The molecule has 2 heterocycles. The van der Waals surface area contributed by atoms with Crippen molar-refractivity contribution in [2.75, 3.05) is 5.73 Å². The molecule has 0 bridgehead atoms. The average Bonchev–Trinajstić information content (AvgIpc) is 2.80. The van der Waals surface area contributed by atoms with Crippen LogP contribution in [0, 0.1) is 0 Å². The van der Waals surface area contributed by atoms with Crippen LogP contribution in [-0.4, -0.2) is 15.2 Å².